The second kappa shape index (κ2) is 6.87. The number of quaternary nitrogens is 1. The van der Waals surface area contributed by atoms with Crippen LogP contribution in [0.25, 0.3) is 12.2 Å². The molecule has 2 aromatic carbocycles. The van der Waals surface area contributed by atoms with E-state index in [2.05, 4.69) is 81.8 Å². The quantitative estimate of drug-likeness (QED) is 0.434. The molecule has 0 spiro atoms. The van der Waals surface area contributed by atoms with E-state index in [9.17, 15) is 0 Å². The third kappa shape index (κ3) is 4.80. The molecule has 0 N–H and O–H groups in total. The first-order chi connectivity index (χ1) is 8.55. The molecule has 19 heavy (non-hydrogen) atoms. The highest BCUT2D eigenvalue weighted by Crippen LogP contribution is 2.18. The summed E-state index contributed by atoms with van der Waals surface area (Å²) in [6.45, 7) is 0. The lowest BCUT2D eigenvalue weighted by molar-refractivity contribution is -0.00000381. The third-order valence-corrected chi connectivity index (χ3v) is 2.94. The summed E-state index contributed by atoms with van der Waals surface area (Å²) in [5.41, 5.74) is 3.77. The SMILES string of the molecule is C[N+](C)(C)c1ccc(C=Cc2ccccc2)cc1.[I-]. The maximum absolute atomic E-state index is 2.19. The largest absolute Gasteiger partial charge is 1.00 e. The van der Waals surface area contributed by atoms with Crippen LogP contribution in [0, 0.1) is 0 Å². The van der Waals surface area contributed by atoms with Crippen LogP contribution in [0.4, 0.5) is 5.69 Å². The van der Waals surface area contributed by atoms with Crippen LogP contribution in [-0.4, -0.2) is 21.1 Å². The Morgan fingerprint density at radius 2 is 1.16 bits per heavy atom. The number of halogens is 1. The smallest absolute Gasteiger partial charge is 0.132 e. The van der Waals surface area contributed by atoms with Crippen molar-refractivity contribution in [2.45, 2.75) is 0 Å². The molecule has 1 nitrogen and oxygen atoms in total. The van der Waals surface area contributed by atoms with Crippen molar-refractivity contribution < 1.29 is 24.0 Å². The Morgan fingerprint density at radius 1 is 0.684 bits per heavy atom. The zero-order chi connectivity index (χ0) is 13.0. The van der Waals surface area contributed by atoms with Gasteiger partial charge < -0.3 is 24.0 Å². The molecule has 0 heterocycles. The van der Waals surface area contributed by atoms with Crippen LogP contribution in [0.3, 0.4) is 0 Å². The highest BCUT2D eigenvalue weighted by molar-refractivity contribution is 5.70. The number of nitrogens with zero attached hydrogens (tertiary/aromatic N) is 1. The Kier molecular flexibility index (Phi) is 5.76. The zero-order valence-electron chi connectivity index (χ0n) is 11.7. The molecule has 0 aliphatic rings. The average molecular weight is 365 g/mol. The summed E-state index contributed by atoms with van der Waals surface area (Å²) in [6.07, 6.45) is 4.29. The van der Waals surface area contributed by atoms with Gasteiger partial charge in [-0.15, -0.1) is 0 Å². The maximum Gasteiger partial charge on any atom is 0.132 e. The summed E-state index contributed by atoms with van der Waals surface area (Å²) in [5, 5.41) is 0. The Morgan fingerprint density at radius 3 is 1.63 bits per heavy atom. The fourth-order valence-corrected chi connectivity index (χ4v) is 1.79. The van der Waals surface area contributed by atoms with E-state index < -0.39 is 0 Å². The van der Waals surface area contributed by atoms with Gasteiger partial charge in [0.1, 0.15) is 5.69 Å². The van der Waals surface area contributed by atoms with Crippen molar-refractivity contribution in [3.8, 4) is 0 Å². The monoisotopic (exact) mass is 365 g/mol. The first-order valence-electron chi connectivity index (χ1n) is 6.21. The van der Waals surface area contributed by atoms with Crippen LogP contribution in [-0.2, 0) is 0 Å². The molecule has 2 heteroatoms. The molecule has 0 fully saturated rings. The topological polar surface area (TPSA) is 0 Å². The number of hydrogen-bond acceptors (Lipinski definition) is 0. The van der Waals surface area contributed by atoms with Crippen LogP contribution in [0.5, 0.6) is 0 Å². The van der Waals surface area contributed by atoms with E-state index >= 15 is 0 Å². The lowest BCUT2D eigenvalue weighted by Gasteiger charge is -2.23. The fourth-order valence-electron chi connectivity index (χ4n) is 1.79. The van der Waals surface area contributed by atoms with Crippen molar-refractivity contribution in [1.82, 2.24) is 4.48 Å². The second-order valence-electron chi connectivity index (χ2n) is 5.35. The molecule has 0 unspecified atom stereocenters. The predicted molar refractivity (Wildman–Crippen MR) is 81.4 cm³/mol. The van der Waals surface area contributed by atoms with Gasteiger partial charge in [0.05, 0.1) is 21.1 Å². The highest BCUT2D eigenvalue weighted by Gasteiger charge is 2.10. The Hall–Kier alpha value is -1.13. The zero-order valence-corrected chi connectivity index (χ0v) is 13.8. The standard InChI is InChI=1S/C17H20N.HI/c1-18(2,3)17-13-11-16(12-14-17)10-9-15-7-5-4-6-8-15;/h4-14H,1-3H3;1H/q+1;/p-1. The lowest BCUT2D eigenvalue weighted by Crippen LogP contribution is -3.00. The minimum Gasteiger partial charge on any atom is -1.00 e. The van der Waals surface area contributed by atoms with E-state index in [0.29, 0.717) is 0 Å². The first kappa shape index (κ1) is 15.9. The summed E-state index contributed by atoms with van der Waals surface area (Å²) in [7, 11) is 6.53. The van der Waals surface area contributed by atoms with Gasteiger partial charge in [-0.1, -0.05) is 42.5 Å². The molecule has 0 saturated heterocycles. The molecule has 0 aromatic heterocycles. The van der Waals surface area contributed by atoms with Crippen LogP contribution in [0.15, 0.2) is 54.6 Å². The van der Waals surface area contributed by atoms with Crippen molar-refractivity contribution >= 4 is 17.8 Å². The number of benzene rings is 2. The van der Waals surface area contributed by atoms with Gasteiger partial charge in [0.2, 0.25) is 0 Å². The Labute approximate surface area is 133 Å². The van der Waals surface area contributed by atoms with Crippen molar-refractivity contribution in [1.29, 1.82) is 0 Å². The number of rotatable bonds is 3. The molecule has 0 radical (unpaired) electrons. The highest BCUT2D eigenvalue weighted by atomic mass is 127. The van der Waals surface area contributed by atoms with E-state index in [-0.39, 0.29) is 24.0 Å². The summed E-state index contributed by atoms with van der Waals surface area (Å²) in [4.78, 5) is 0. The lowest BCUT2D eigenvalue weighted by atomic mass is 10.1. The molecule has 2 aromatic rings. The van der Waals surface area contributed by atoms with Crippen LogP contribution in [0.2, 0.25) is 0 Å². The molecule has 0 bridgehead atoms. The molecule has 0 aliphatic carbocycles. The molecule has 0 atom stereocenters. The van der Waals surface area contributed by atoms with Crippen LogP contribution in [0.1, 0.15) is 11.1 Å². The van der Waals surface area contributed by atoms with E-state index in [1.165, 1.54) is 16.8 Å². The van der Waals surface area contributed by atoms with Crippen LogP contribution < -0.4 is 28.5 Å². The minimum atomic E-state index is 0. The molecular formula is C17H20IN. The van der Waals surface area contributed by atoms with Gasteiger partial charge in [-0.05, 0) is 35.4 Å². The van der Waals surface area contributed by atoms with E-state index in [1.54, 1.807) is 0 Å². The summed E-state index contributed by atoms with van der Waals surface area (Å²) >= 11 is 0. The molecule has 2 rings (SSSR count). The van der Waals surface area contributed by atoms with Crippen molar-refractivity contribution in [2.75, 3.05) is 21.1 Å². The summed E-state index contributed by atoms with van der Waals surface area (Å²) in [6, 6.07) is 19.1. The van der Waals surface area contributed by atoms with Crippen molar-refractivity contribution in [3.63, 3.8) is 0 Å². The van der Waals surface area contributed by atoms with Gasteiger partial charge in [0.25, 0.3) is 0 Å². The van der Waals surface area contributed by atoms with E-state index in [1.807, 2.05) is 6.07 Å². The Bertz CT molecular complexity index is 521. The summed E-state index contributed by atoms with van der Waals surface area (Å²) in [5.74, 6) is 0. The second-order valence-corrected chi connectivity index (χ2v) is 5.35. The van der Waals surface area contributed by atoms with E-state index in [0.717, 1.165) is 4.48 Å². The molecule has 0 saturated carbocycles. The predicted octanol–water partition coefficient (Wildman–Crippen LogP) is 1.06. The van der Waals surface area contributed by atoms with Gasteiger partial charge in [-0.3, -0.25) is 4.48 Å². The average Bonchev–Trinajstić information content (AvgIpc) is 2.37. The van der Waals surface area contributed by atoms with E-state index in [4.69, 9.17) is 0 Å². The van der Waals surface area contributed by atoms with Crippen molar-refractivity contribution in [2.24, 2.45) is 0 Å². The Balaban J connectivity index is 0.00000180. The molecular weight excluding hydrogens is 345 g/mol. The molecule has 100 valence electrons. The normalized spacial score (nSPS) is 11.3. The van der Waals surface area contributed by atoms with Gasteiger partial charge in [-0.25, -0.2) is 0 Å². The van der Waals surface area contributed by atoms with Gasteiger partial charge in [0.15, 0.2) is 0 Å². The minimum absolute atomic E-state index is 0. The van der Waals surface area contributed by atoms with Gasteiger partial charge in [0, 0.05) is 0 Å². The van der Waals surface area contributed by atoms with Crippen LogP contribution >= 0.6 is 0 Å². The maximum atomic E-state index is 2.19. The third-order valence-electron chi connectivity index (χ3n) is 2.94. The number of hydrogen-bond donors (Lipinski definition) is 0. The first-order valence-corrected chi connectivity index (χ1v) is 6.21. The summed E-state index contributed by atoms with van der Waals surface area (Å²) < 4.78 is 0.850. The molecule has 0 amide bonds. The van der Waals surface area contributed by atoms with Gasteiger partial charge in [-0.2, -0.15) is 0 Å². The van der Waals surface area contributed by atoms with Crippen molar-refractivity contribution in [3.05, 3.63) is 65.7 Å². The fraction of sp³-hybridized carbons (Fsp3) is 0.176. The van der Waals surface area contributed by atoms with Gasteiger partial charge >= 0.3 is 0 Å². The molecule has 0 aliphatic heterocycles.